The highest BCUT2D eigenvalue weighted by Gasteiger charge is 2.33. The van der Waals surface area contributed by atoms with Gasteiger partial charge < -0.3 is 5.32 Å². The van der Waals surface area contributed by atoms with Crippen molar-refractivity contribution in [2.75, 3.05) is 18.4 Å². The lowest BCUT2D eigenvalue weighted by Crippen LogP contribution is -2.27. The summed E-state index contributed by atoms with van der Waals surface area (Å²) in [6, 6.07) is 4.82. The summed E-state index contributed by atoms with van der Waals surface area (Å²) in [6.07, 6.45) is -0.740. The number of aryl methyl sites for hydroxylation is 1. The number of rotatable bonds is 4. The van der Waals surface area contributed by atoms with Crippen LogP contribution in [0.1, 0.15) is 23.4 Å². The molecule has 1 aliphatic rings. The molecule has 3 heterocycles. The van der Waals surface area contributed by atoms with Gasteiger partial charge in [0.2, 0.25) is 5.95 Å². The van der Waals surface area contributed by atoms with E-state index in [0.717, 1.165) is 49.6 Å². The van der Waals surface area contributed by atoms with Crippen LogP contribution in [-0.4, -0.2) is 39.0 Å². The highest BCUT2D eigenvalue weighted by Crippen LogP contribution is 2.27. The van der Waals surface area contributed by atoms with Crippen molar-refractivity contribution in [1.82, 2.24) is 19.9 Å². The van der Waals surface area contributed by atoms with Gasteiger partial charge in [0, 0.05) is 38.1 Å². The second kappa shape index (κ2) is 6.72. The molecule has 0 radical (unpaired) electrons. The smallest absolute Gasteiger partial charge is 0.350 e. The summed E-state index contributed by atoms with van der Waals surface area (Å²) < 4.78 is 38.1. The maximum atomic E-state index is 12.7. The number of halogens is 3. The molecule has 128 valence electrons. The predicted molar refractivity (Wildman–Crippen MR) is 83.3 cm³/mol. The first-order valence-electron chi connectivity index (χ1n) is 7.71. The first-order chi connectivity index (χ1) is 11.4. The molecule has 1 unspecified atom stereocenters. The summed E-state index contributed by atoms with van der Waals surface area (Å²) >= 11 is 0. The molecule has 1 atom stereocenters. The van der Waals surface area contributed by atoms with Gasteiger partial charge in [0.05, 0.1) is 5.69 Å². The molecule has 0 aliphatic carbocycles. The first kappa shape index (κ1) is 16.6. The molecular weight excluding hydrogens is 319 g/mol. The van der Waals surface area contributed by atoms with Gasteiger partial charge in [-0.3, -0.25) is 9.88 Å². The van der Waals surface area contributed by atoms with E-state index in [9.17, 15) is 13.2 Å². The van der Waals surface area contributed by atoms with Gasteiger partial charge in [0.15, 0.2) is 0 Å². The van der Waals surface area contributed by atoms with Crippen LogP contribution < -0.4 is 5.32 Å². The van der Waals surface area contributed by atoms with E-state index in [2.05, 4.69) is 25.2 Å². The molecule has 1 fully saturated rings. The van der Waals surface area contributed by atoms with Gasteiger partial charge in [-0.15, -0.1) is 0 Å². The minimum Gasteiger partial charge on any atom is -0.350 e. The minimum atomic E-state index is -4.46. The average Bonchev–Trinajstić information content (AvgIpc) is 2.96. The third-order valence-corrected chi connectivity index (χ3v) is 4.04. The number of aromatic nitrogens is 3. The van der Waals surface area contributed by atoms with Gasteiger partial charge in [-0.2, -0.15) is 13.2 Å². The number of hydrogen-bond donors (Lipinski definition) is 1. The lowest BCUT2D eigenvalue weighted by molar-refractivity contribution is -0.141. The van der Waals surface area contributed by atoms with Crippen LogP contribution in [0.25, 0.3) is 0 Å². The number of nitrogens with zero attached hydrogens (tertiary/aromatic N) is 4. The Bertz CT molecular complexity index is 704. The molecule has 0 saturated carbocycles. The van der Waals surface area contributed by atoms with Crippen LogP contribution >= 0.6 is 0 Å². The van der Waals surface area contributed by atoms with Crippen LogP contribution in [0.5, 0.6) is 0 Å². The largest absolute Gasteiger partial charge is 0.433 e. The topological polar surface area (TPSA) is 53.9 Å². The molecule has 8 heteroatoms. The summed E-state index contributed by atoms with van der Waals surface area (Å²) in [5.74, 6) is 0.0192. The van der Waals surface area contributed by atoms with Gasteiger partial charge in [-0.1, -0.05) is 6.07 Å². The van der Waals surface area contributed by atoms with Gasteiger partial charge in [0.25, 0.3) is 0 Å². The fourth-order valence-corrected chi connectivity index (χ4v) is 2.76. The minimum absolute atomic E-state index is 0.0192. The Kier molecular flexibility index (Phi) is 4.66. The quantitative estimate of drug-likeness (QED) is 0.930. The Morgan fingerprint density at radius 2 is 2.08 bits per heavy atom. The summed E-state index contributed by atoms with van der Waals surface area (Å²) in [5, 5.41) is 3.00. The third kappa shape index (κ3) is 4.00. The molecule has 24 heavy (non-hydrogen) atoms. The van der Waals surface area contributed by atoms with Crippen LogP contribution in [0.2, 0.25) is 0 Å². The monoisotopic (exact) mass is 337 g/mol. The fraction of sp³-hybridized carbons (Fsp3) is 0.438. The van der Waals surface area contributed by atoms with Crippen molar-refractivity contribution in [3.8, 4) is 0 Å². The summed E-state index contributed by atoms with van der Waals surface area (Å²) in [6.45, 7) is 4.32. The Labute approximate surface area is 138 Å². The van der Waals surface area contributed by atoms with Crippen molar-refractivity contribution in [2.45, 2.75) is 32.1 Å². The predicted octanol–water partition coefficient (Wildman–Crippen LogP) is 2.89. The van der Waals surface area contributed by atoms with Crippen LogP contribution in [-0.2, 0) is 12.7 Å². The maximum Gasteiger partial charge on any atom is 0.433 e. The molecule has 3 rings (SSSR count). The van der Waals surface area contributed by atoms with E-state index in [1.165, 1.54) is 0 Å². The Hall–Kier alpha value is -2.22. The summed E-state index contributed by atoms with van der Waals surface area (Å²) in [7, 11) is 0. The van der Waals surface area contributed by atoms with Gasteiger partial charge in [-0.05, 0) is 31.0 Å². The normalized spacial score (nSPS) is 18.8. The molecule has 1 aliphatic heterocycles. The number of nitrogens with one attached hydrogen (secondary N) is 1. The lowest BCUT2D eigenvalue weighted by atomic mass is 10.2. The number of likely N-dealkylation sites (tertiary alicyclic amines) is 1. The number of pyridine rings is 1. The van der Waals surface area contributed by atoms with Crippen LogP contribution in [0, 0.1) is 6.92 Å². The standard InChI is InChI=1S/C16H18F3N5/c1-11-3-2-6-20-13(11)10-24-8-5-12(9-24)22-15-21-7-4-14(23-15)16(17,18)19/h2-4,6-7,12H,5,8-10H2,1H3,(H,21,22,23). The van der Waals surface area contributed by atoms with Crippen LogP contribution in [0.3, 0.4) is 0 Å². The molecule has 0 amide bonds. The zero-order valence-corrected chi connectivity index (χ0v) is 13.2. The number of alkyl halides is 3. The number of hydrogen-bond acceptors (Lipinski definition) is 5. The van der Waals surface area contributed by atoms with E-state index in [1.54, 1.807) is 6.20 Å². The fourth-order valence-electron chi connectivity index (χ4n) is 2.76. The van der Waals surface area contributed by atoms with Crippen molar-refractivity contribution in [3.05, 3.63) is 47.5 Å². The summed E-state index contributed by atoms with van der Waals surface area (Å²) in [4.78, 5) is 14.0. The second-order valence-corrected chi connectivity index (χ2v) is 5.90. The van der Waals surface area contributed by atoms with E-state index in [0.29, 0.717) is 0 Å². The maximum absolute atomic E-state index is 12.7. The molecule has 0 bridgehead atoms. The molecule has 2 aromatic heterocycles. The zero-order valence-electron chi connectivity index (χ0n) is 13.2. The van der Waals surface area contributed by atoms with Gasteiger partial charge in [-0.25, -0.2) is 9.97 Å². The summed E-state index contributed by atoms with van der Waals surface area (Å²) in [5.41, 5.74) is 1.22. The van der Waals surface area contributed by atoms with Crippen LogP contribution in [0.4, 0.5) is 19.1 Å². The SMILES string of the molecule is Cc1cccnc1CN1CCC(Nc2nccc(C(F)(F)F)n2)C1. The Morgan fingerprint density at radius 3 is 2.83 bits per heavy atom. The van der Waals surface area contributed by atoms with Crippen LogP contribution in [0.15, 0.2) is 30.6 Å². The first-order valence-corrected chi connectivity index (χ1v) is 7.71. The molecule has 0 aromatic carbocycles. The number of anilines is 1. The van der Waals surface area contributed by atoms with E-state index >= 15 is 0 Å². The van der Waals surface area contributed by atoms with E-state index in [1.807, 2.05) is 19.1 Å². The Balaban J connectivity index is 1.60. The van der Waals surface area contributed by atoms with E-state index in [-0.39, 0.29) is 12.0 Å². The van der Waals surface area contributed by atoms with Crippen molar-refractivity contribution >= 4 is 5.95 Å². The molecule has 0 spiro atoms. The van der Waals surface area contributed by atoms with Gasteiger partial charge >= 0.3 is 6.18 Å². The zero-order chi connectivity index (χ0) is 17.2. The molecular formula is C16H18F3N5. The Morgan fingerprint density at radius 1 is 1.25 bits per heavy atom. The third-order valence-electron chi connectivity index (χ3n) is 4.04. The highest BCUT2D eigenvalue weighted by molar-refractivity contribution is 5.28. The van der Waals surface area contributed by atoms with E-state index < -0.39 is 11.9 Å². The molecule has 2 aromatic rings. The van der Waals surface area contributed by atoms with Gasteiger partial charge in [0.1, 0.15) is 5.69 Å². The average molecular weight is 337 g/mol. The van der Waals surface area contributed by atoms with Crippen molar-refractivity contribution < 1.29 is 13.2 Å². The van der Waals surface area contributed by atoms with Crippen molar-refractivity contribution in [3.63, 3.8) is 0 Å². The molecule has 1 N–H and O–H groups in total. The molecule has 1 saturated heterocycles. The van der Waals surface area contributed by atoms with Crippen molar-refractivity contribution in [1.29, 1.82) is 0 Å². The highest BCUT2D eigenvalue weighted by atomic mass is 19.4. The lowest BCUT2D eigenvalue weighted by Gasteiger charge is -2.17. The van der Waals surface area contributed by atoms with Crippen molar-refractivity contribution in [2.24, 2.45) is 0 Å². The second-order valence-electron chi connectivity index (χ2n) is 5.90. The molecule has 5 nitrogen and oxygen atoms in total. The van der Waals surface area contributed by atoms with E-state index in [4.69, 9.17) is 0 Å².